The lowest BCUT2D eigenvalue weighted by Gasteiger charge is -2.13. The van der Waals surface area contributed by atoms with E-state index in [4.69, 9.17) is 15.2 Å². The summed E-state index contributed by atoms with van der Waals surface area (Å²) in [7, 11) is 1.53. The molecule has 0 unspecified atom stereocenters. The van der Waals surface area contributed by atoms with Gasteiger partial charge in [-0.15, -0.1) is 0 Å². The van der Waals surface area contributed by atoms with E-state index in [1.165, 1.54) is 7.11 Å². The van der Waals surface area contributed by atoms with Gasteiger partial charge in [0, 0.05) is 13.0 Å². The molecule has 25 heavy (non-hydrogen) atoms. The molecule has 0 radical (unpaired) electrons. The smallest absolute Gasteiger partial charge is 0.262 e. The molecular weight excluding hydrogens is 322 g/mol. The summed E-state index contributed by atoms with van der Waals surface area (Å²) < 4.78 is 10.6. The third-order valence-corrected chi connectivity index (χ3v) is 3.27. The Hall–Kier alpha value is -3.06. The van der Waals surface area contributed by atoms with Crippen LogP contribution in [0.25, 0.3) is 0 Å². The second-order valence-electron chi connectivity index (χ2n) is 5.12. The molecule has 0 bridgehead atoms. The number of hydrogen-bond acceptors (Lipinski definition) is 5. The molecule has 0 saturated carbocycles. The molecule has 4 N–H and O–H groups in total. The van der Waals surface area contributed by atoms with Gasteiger partial charge >= 0.3 is 0 Å². The molecule has 0 saturated heterocycles. The summed E-state index contributed by atoms with van der Waals surface area (Å²) in [5.41, 5.74) is 6.36. The van der Waals surface area contributed by atoms with Crippen molar-refractivity contribution in [1.82, 2.24) is 0 Å². The molecule has 0 atom stereocenters. The van der Waals surface area contributed by atoms with Crippen LogP contribution in [0.3, 0.4) is 0 Å². The van der Waals surface area contributed by atoms with E-state index in [0.717, 1.165) is 0 Å². The van der Waals surface area contributed by atoms with E-state index in [2.05, 4.69) is 10.6 Å². The van der Waals surface area contributed by atoms with Gasteiger partial charge in [0.05, 0.1) is 18.5 Å². The van der Waals surface area contributed by atoms with E-state index in [1.807, 2.05) is 6.07 Å². The first kappa shape index (κ1) is 18.3. The maximum Gasteiger partial charge on any atom is 0.262 e. The molecule has 0 aliphatic rings. The third-order valence-electron chi connectivity index (χ3n) is 3.27. The first-order valence-corrected chi connectivity index (χ1v) is 7.78. The largest absolute Gasteiger partial charge is 0.493 e. The topological polar surface area (TPSA) is 103 Å². The highest BCUT2D eigenvalue weighted by Gasteiger charge is 2.11. The number of methoxy groups -OCH3 is 1. The van der Waals surface area contributed by atoms with Crippen LogP contribution in [0.1, 0.15) is 6.42 Å². The van der Waals surface area contributed by atoms with Crippen molar-refractivity contribution in [2.75, 3.05) is 30.9 Å². The van der Waals surface area contributed by atoms with Crippen LogP contribution in [0, 0.1) is 0 Å². The van der Waals surface area contributed by atoms with Gasteiger partial charge in [-0.2, -0.15) is 0 Å². The number of nitrogens with two attached hydrogens (primary N) is 1. The SMILES string of the molecule is COc1ccccc1OCC(=O)Nc1ccccc1NC(=O)CCN. The van der Waals surface area contributed by atoms with E-state index in [1.54, 1.807) is 42.5 Å². The van der Waals surface area contributed by atoms with Crippen molar-refractivity contribution in [2.24, 2.45) is 5.73 Å². The van der Waals surface area contributed by atoms with Gasteiger partial charge in [0.2, 0.25) is 5.91 Å². The summed E-state index contributed by atoms with van der Waals surface area (Å²) in [4.78, 5) is 23.8. The number of ether oxygens (including phenoxy) is 2. The minimum atomic E-state index is -0.355. The van der Waals surface area contributed by atoms with Crippen LogP contribution in [0.15, 0.2) is 48.5 Å². The zero-order valence-electron chi connectivity index (χ0n) is 14.0. The minimum Gasteiger partial charge on any atom is -0.493 e. The zero-order chi connectivity index (χ0) is 18.1. The van der Waals surface area contributed by atoms with Crippen molar-refractivity contribution in [1.29, 1.82) is 0 Å². The Morgan fingerprint density at radius 2 is 1.48 bits per heavy atom. The number of benzene rings is 2. The van der Waals surface area contributed by atoms with E-state index in [0.29, 0.717) is 22.9 Å². The monoisotopic (exact) mass is 343 g/mol. The fraction of sp³-hybridized carbons (Fsp3) is 0.222. The summed E-state index contributed by atoms with van der Waals surface area (Å²) in [6.45, 7) is 0.0680. The minimum absolute atomic E-state index is 0.189. The summed E-state index contributed by atoms with van der Waals surface area (Å²) in [5.74, 6) is 0.454. The zero-order valence-corrected chi connectivity index (χ0v) is 14.0. The van der Waals surface area contributed by atoms with Crippen LogP contribution in [-0.4, -0.2) is 32.1 Å². The van der Waals surface area contributed by atoms with Crippen LogP contribution in [0.2, 0.25) is 0 Å². The number of nitrogens with one attached hydrogen (secondary N) is 2. The number of hydrogen-bond donors (Lipinski definition) is 3. The standard InChI is InChI=1S/C18H21N3O4/c1-24-15-8-4-5-9-16(15)25-12-18(23)21-14-7-3-2-6-13(14)20-17(22)10-11-19/h2-9H,10-12,19H2,1H3,(H,20,22)(H,21,23). The number of anilines is 2. The molecule has 7 heteroatoms. The van der Waals surface area contributed by atoms with Crippen molar-refractivity contribution in [3.05, 3.63) is 48.5 Å². The van der Waals surface area contributed by atoms with Gasteiger partial charge in [-0.05, 0) is 24.3 Å². The molecule has 0 aliphatic heterocycles. The first-order chi connectivity index (χ1) is 12.1. The summed E-state index contributed by atoms with van der Waals surface area (Å²) in [6.07, 6.45) is 0.208. The van der Waals surface area contributed by atoms with Crippen molar-refractivity contribution < 1.29 is 19.1 Å². The van der Waals surface area contributed by atoms with Gasteiger partial charge in [-0.3, -0.25) is 9.59 Å². The molecule has 0 spiro atoms. The molecule has 2 rings (SSSR count). The Bertz CT molecular complexity index is 734. The highest BCUT2D eigenvalue weighted by molar-refractivity contribution is 6.00. The molecule has 2 amide bonds. The van der Waals surface area contributed by atoms with Crippen LogP contribution in [0.4, 0.5) is 11.4 Å². The highest BCUT2D eigenvalue weighted by Crippen LogP contribution is 2.26. The van der Waals surface area contributed by atoms with Crippen molar-refractivity contribution >= 4 is 23.2 Å². The van der Waals surface area contributed by atoms with Gasteiger partial charge in [-0.1, -0.05) is 24.3 Å². The predicted octanol–water partition coefficient (Wildman–Crippen LogP) is 2.00. The van der Waals surface area contributed by atoms with E-state index >= 15 is 0 Å². The van der Waals surface area contributed by atoms with Crippen LogP contribution in [-0.2, 0) is 9.59 Å². The first-order valence-electron chi connectivity index (χ1n) is 7.78. The second kappa shape index (κ2) is 9.29. The van der Waals surface area contributed by atoms with Crippen molar-refractivity contribution in [2.45, 2.75) is 6.42 Å². The average molecular weight is 343 g/mol. The Labute approximate surface area is 146 Å². The lowest BCUT2D eigenvalue weighted by Crippen LogP contribution is -2.22. The second-order valence-corrected chi connectivity index (χ2v) is 5.12. The molecule has 7 nitrogen and oxygen atoms in total. The Morgan fingerprint density at radius 1 is 0.920 bits per heavy atom. The summed E-state index contributed by atoms with van der Waals surface area (Å²) in [5, 5.41) is 5.43. The lowest BCUT2D eigenvalue weighted by molar-refractivity contribution is -0.118. The van der Waals surface area contributed by atoms with Gasteiger partial charge in [0.25, 0.3) is 5.91 Å². The number of para-hydroxylation sites is 4. The maximum absolute atomic E-state index is 12.1. The molecule has 0 aromatic heterocycles. The van der Waals surface area contributed by atoms with Crippen LogP contribution >= 0.6 is 0 Å². The summed E-state index contributed by atoms with van der Waals surface area (Å²) in [6, 6.07) is 14.0. The van der Waals surface area contributed by atoms with E-state index in [-0.39, 0.29) is 31.4 Å². The van der Waals surface area contributed by atoms with E-state index < -0.39 is 0 Å². The van der Waals surface area contributed by atoms with Crippen LogP contribution < -0.4 is 25.8 Å². The fourth-order valence-corrected chi connectivity index (χ4v) is 2.11. The molecule has 0 aliphatic carbocycles. The predicted molar refractivity (Wildman–Crippen MR) is 95.9 cm³/mol. The number of carbonyl (C=O) groups is 2. The fourth-order valence-electron chi connectivity index (χ4n) is 2.11. The molecule has 0 fully saturated rings. The van der Waals surface area contributed by atoms with Gasteiger partial charge < -0.3 is 25.8 Å². The maximum atomic E-state index is 12.1. The third kappa shape index (κ3) is 5.50. The number of carbonyl (C=O) groups excluding carboxylic acids is 2. The normalized spacial score (nSPS) is 10.0. The molecule has 2 aromatic rings. The molecule has 0 heterocycles. The van der Waals surface area contributed by atoms with Crippen molar-refractivity contribution in [3.63, 3.8) is 0 Å². The quantitative estimate of drug-likeness (QED) is 0.680. The Kier molecular flexibility index (Phi) is 6.79. The van der Waals surface area contributed by atoms with Gasteiger partial charge in [0.15, 0.2) is 18.1 Å². The van der Waals surface area contributed by atoms with Gasteiger partial charge in [0.1, 0.15) is 0 Å². The number of amides is 2. The highest BCUT2D eigenvalue weighted by atomic mass is 16.5. The lowest BCUT2D eigenvalue weighted by atomic mass is 10.2. The average Bonchev–Trinajstić information content (AvgIpc) is 2.62. The van der Waals surface area contributed by atoms with Crippen molar-refractivity contribution in [3.8, 4) is 11.5 Å². The summed E-state index contributed by atoms with van der Waals surface area (Å²) >= 11 is 0. The molecular formula is C18H21N3O4. The Balaban J connectivity index is 1.97. The number of rotatable bonds is 8. The van der Waals surface area contributed by atoms with Crippen LogP contribution in [0.5, 0.6) is 11.5 Å². The van der Waals surface area contributed by atoms with E-state index in [9.17, 15) is 9.59 Å². The molecule has 132 valence electrons. The Morgan fingerprint density at radius 3 is 2.08 bits per heavy atom. The van der Waals surface area contributed by atoms with Gasteiger partial charge in [-0.25, -0.2) is 0 Å². The molecule has 2 aromatic carbocycles.